The molecule has 1 saturated heterocycles. The molecule has 0 radical (unpaired) electrons. The third-order valence-electron chi connectivity index (χ3n) is 5.68. The van der Waals surface area contributed by atoms with Gasteiger partial charge in [-0.3, -0.25) is 4.90 Å². The number of hydrogen-bond acceptors (Lipinski definition) is 2. The molecule has 1 heterocycles. The second kappa shape index (κ2) is 3.96. The Morgan fingerprint density at radius 3 is 2.47 bits per heavy atom. The van der Waals surface area contributed by atoms with Crippen molar-refractivity contribution < 1.29 is 0 Å². The van der Waals surface area contributed by atoms with Crippen LogP contribution in [0.1, 0.15) is 51.4 Å². The summed E-state index contributed by atoms with van der Waals surface area (Å²) in [5, 5.41) is 3.90. The van der Waals surface area contributed by atoms with Crippen molar-refractivity contribution in [2.75, 3.05) is 19.6 Å². The summed E-state index contributed by atoms with van der Waals surface area (Å²) in [7, 11) is 0. The van der Waals surface area contributed by atoms with Gasteiger partial charge in [0.05, 0.1) is 0 Å². The molecule has 1 atom stereocenters. The van der Waals surface area contributed by atoms with E-state index in [2.05, 4.69) is 10.2 Å². The van der Waals surface area contributed by atoms with Gasteiger partial charge in [-0.1, -0.05) is 12.8 Å². The lowest BCUT2D eigenvalue weighted by Gasteiger charge is -2.49. The quantitative estimate of drug-likeness (QED) is 0.806. The normalized spacial score (nSPS) is 37.8. The average Bonchev–Trinajstić information content (AvgIpc) is 3.24. The lowest BCUT2D eigenvalue weighted by atomic mass is 9.89. The van der Waals surface area contributed by atoms with Gasteiger partial charge in [-0.05, 0) is 50.4 Å². The minimum Gasteiger partial charge on any atom is -0.311 e. The molecule has 0 aromatic heterocycles. The Balaban J connectivity index is 1.49. The molecule has 1 N–H and O–H groups in total. The molecule has 4 rings (SSSR count). The first kappa shape index (κ1) is 10.8. The summed E-state index contributed by atoms with van der Waals surface area (Å²) in [6.07, 6.45) is 11.9. The maximum atomic E-state index is 3.90. The summed E-state index contributed by atoms with van der Waals surface area (Å²) in [4.78, 5) is 2.93. The number of rotatable bonds is 3. The number of piperazine rings is 1. The molecule has 1 unspecified atom stereocenters. The Kier molecular flexibility index (Phi) is 2.52. The summed E-state index contributed by atoms with van der Waals surface area (Å²) in [6.45, 7) is 4.08. The Morgan fingerprint density at radius 1 is 1.06 bits per heavy atom. The van der Waals surface area contributed by atoms with Gasteiger partial charge in [-0.2, -0.15) is 0 Å². The summed E-state index contributed by atoms with van der Waals surface area (Å²) in [5.74, 6) is 2.08. The minimum atomic E-state index is 0.577. The van der Waals surface area contributed by atoms with E-state index in [0.29, 0.717) is 5.54 Å². The molecule has 0 aromatic carbocycles. The maximum absolute atomic E-state index is 3.90. The monoisotopic (exact) mass is 234 g/mol. The molecule has 2 heteroatoms. The van der Waals surface area contributed by atoms with Gasteiger partial charge in [0.25, 0.3) is 0 Å². The molecule has 96 valence electrons. The van der Waals surface area contributed by atoms with Gasteiger partial charge in [0, 0.05) is 31.2 Å². The molecule has 0 amide bonds. The summed E-state index contributed by atoms with van der Waals surface area (Å²) < 4.78 is 0. The van der Waals surface area contributed by atoms with Crippen molar-refractivity contribution in [3.05, 3.63) is 0 Å². The Labute approximate surface area is 105 Å². The first-order valence-corrected chi connectivity index (χ1v) is 7.84. The van der Waals surface area contributed by atoms with Crippen LogP contribution in [0.4, 0.5) is 0 Å². The molecule has 1 spiro atoms. The van der Waals surface area contributed by atoms with Gasteiger partial charge in [0.1, 0.15) is 0 Å². The van der Waals surface area contributed by atoms with Crippen molar-refractivity contribution >= 4 is 0 Å². The highest BCUT2D eigenvalue weighted by Crippen LogP contribution is 2.43. The highest BCUT2D eigenvalue weighted by Gasteiger charge is 2.47. The van der Waals surface area contributed by atoms with Gasteiger partial charge < -0.3 is 5.32 Å². The molecule has 4 aliphatic rings. The molecule has 4 fully saturated rings. The fraction of sp³-hybridized carbons (Fsp3) is 1.00. The van der Waals surface area contributed by atoms with Crippen molar-refractivity contribution in [3.63, 3.8) is 0 Å². The van der Waals surface area contributed by atoms with Crippen molar-refractivity contribution in [1.29, 1.82) is 0 Å². The summed E-state index contributed by atoms with van der Waals surface area (Å²) in [6, 6.07) is 0.833. The standard InChI is InChI=1S/C15H26N2/c1-2-8-15(7-1)11-16-14(13-5-6-13)10-17(15)9-12-3-4-12/h12-14,16H,1-11H2. The van der Waals surface area contributed by atoms with E-state index in [1.54, 1.807) is 0 Å². The van der Waals surface area contributed by atoms with E-state index in [1.807, 2.05) is 0 Å². The number of hydrogen-bond donors (Lipinski definition) is 1. The average molecular weight is 234 g/mol. The van der Waals surface area contributed by atoms with Crippen LogP contribution in [0.5, 0.6) is 0 Å². The molecule has 3 aliphatic carbocycles. The Bertz CT molecular complexity index is 287. The molecule has 0 bridgehead atoms. The van der Waals surface area contributed by atoms with Gasteiger partial charge in [-0.15, -0.1) is 0 Å². The van der Waals surface area contributed by atoms with Gasteiger partial charge in [-0.25, -0.2) is 0 Å². The van der Waals surface area contributed by atoms with Crippen LogP contribution in [-0.4, -0.2) is 36.1 Å². The lowest BCUT2D eigenvalue weighted by molar-refractivity contribution is 0.0343. The van der Waals surface area contributed by atoms with Crippen LogP contribution in [-0.2, 0) is 0 Å². The van der Waals surface area contributed by atoms with Crippen LogP contribution in [0.15, 0.2) is 0 Å². The molecule has 1 aliphatic heterocycles. The van der Waals surface area contributed by atoms with E-state index in [9.17, 15) is 0 Å². The SMILES string of the molecule is C1CCC2(C1)CNC(C1CC1)CN2CC1CC1. The van der Waals surface area contributed by atoms with Crippen LogP contribution < -0.4 is 5.32 Å². The Morgan fingerprint density at radius 2 is 1.82 bits per heavy atom. The summed E-state index contributed by atoms with van der Waals surface area (Å²) in [5.41, 5.74) is 0.577. The van der Waals surface area contributed by atoms with Crippen molar-refractivity contribution in [1.82, 2.24) is 10.2 Å². The zero-order valence-electron chi connectivity index (χ0n) is 11.0. The first-order valence-electron chi connectivity index (χ1n) is 7.84. The fourth-order valence-electron chi connectivity index (χ4n) is 4.15. The zero-order chi connectivity index (χ0) is 11.3. The molecular weight excluding hydrogens is 208 g/mol. The number of nitrogens with one attached hydrogen (secondary N) is 1. The predicted molar refractivity (Wildman–Crippen MR) is 70.0 cm³/mol. The van der Waals surface area contributed by atoms with Crippen molar-refractivity contribution in [2.45, 2.75) is 62.9 Å². The third kappa shape index (κ3) is 2.04. The molecule has 0 aromatic rings. The molecule has 2 nitrogen and oxygen atoms in total. The summed E-state index contributed by atoms with van der Waals surface area (Å²) >= 11 is 0. The lowest BCUT2D eigenvalue weighted by Crippen LogP contribution is -2.64. The smallest absolute Gasteiger partial charge is 0.0334 e. The van der Waals surface area contributed by atoms with Crippen LogP contribution in [0.2, 0.25) is 0 Å². The van der Waals surface area contributed by atoms with Crippen LogP contribution in [0.25, 0.3) is 0 Å². The number of nitrogens with zero attached hydrogens (tertiary/aromatic N) is 1. The maximum Gasteiger partial charge on any atom is 0.0334 e. The largest absolute Gasteiger partial charge is 0.311 e. The third-order valence-corrected chi connectivity index (χ3v) is 5.68. The van der Waals surface area contributed by atoms with Crippen molar-refractivity contribution in [3.8, 4) is 0 Å². The predicted octanol–water partition coefficient (Wildman–Crippen LogP) is 2.39. The van der Waals surface area contributed by atoms with Gasteiger partial charge >= 0.3 is 0 Å². The second-order valence-electron chi connectivity index (χ2n) is 7.10. The second-order valence-corrected chi connectivity index (χ2v) is 7.10. The first-order chi connectivity index (χ1) is 8.36. The van der Waals surface area contributed by atoms with E-state index < -0.39 is 0 Å². The fourth-order valence-corrected chi connectivity index (χ4v) is 4.15. The van der Waals surface area contributed by atoms with Gasteiger partial charge in [0.15, 0.2) is 0 Å². The molecule has 3 saturated carbocycles. The van der Waals surface area contributed by atoms with E-state index in [1.165, 1.54) is 71.0 Å². The van der Waals surface area contributed by atoms with Gasteiger partial charge in [0.2, 0.25) is 0 Å². The van der Waals surface area contributed by atoms with Crippen LogP contribution >= 0.6 is 0 Å². The molecular formula is C15H26N2. The minimum absolute atomic E-state index is 0.577. The topological polar surface area (TPSA) is 15.3 Å². The van der Waals surface area contributed by atoms with E-state index in [-0.39, 0.29) is 0 Å². The van der Waals surface area contributed by atoms with Crippen molar-refractivity contribution in [2.24, 2.45) is 11.8 Å². The zero-order valence-corrected chi connectivity index (χ0v) is 11.0. The van der Waals surface area contributed by atoms with E-state index in [0.717, 1.165) is 17.9 Å². The van der Waals surface area contributed by atoms with Crippen LogP contribution in [0.3, 0.4) is 0 Å². The highest BCUT2D eigenvalue weighted by molar-refractivity contribution is 5.05. The molecule has 17 heavy (non-hydrogen) atoms. The Hall–Kier alpha value is -0.0800. The van der Waals surface area contributed by atoms with Crippen LogP contribution in [0, 0.1) is 11.8 Å². The van der Waals surface area contributed by atoms with E-state index in [4.69, 9.17) is 0 Å². The highest BCUT2D eigenvalue weighted by atomic mass is 15.3. The van der Waals surface area contributed by atoms with E-state index >= 15 is 0 Å².